The number of benzene rings is 1. The Morgan fingerprint density at radius 1 is 1.41 bits per heavy atom. The van der Waals surface area contributed by atoms with E-state index in [9.17, 15) is 4.39 Å². The predicted octanol–water partition coefficient (Wildman–Crippen LogP) is 4.28. The topological polar surface area (TPSA) is 24.9 Å². The van der Waals surface area contributed by atoms with Gasteiger partial charge in [0.25, 0.3) is 0 Å². The van der Waals surface area contributed by atoms with Crippen molar-refractivity contribution in [2.45, 2.75) is 33.2 Å². The Hall–Kier alpha value is -1.16. The molecule has 0 aliphatic rings. The van der Waals surface area contributed by atoms with Gasteiger partial charge in [-0.1, -0.05) is 32.1 Å². The second-order valence-electron chi connectivity index (χ2n) is 4.53. The summed E-state index contributed by atoms with van der Waals surface area (Å²) in [5.41, 5.74) is 0.733. The van der Waals surface area contributed by atoms with Crippen LogP contribution in [0.2, 0.25) is 0 Å². The van der Waals surface area contributed by atoms with E-state index in [-0.39, 0.29) is 5.82 Å². The van der Waals surface area contributed by atoms with Crippen LogP contribution >= 0.6 is 11.3 Å². The number of nitrogens with one attached hydrogen (secondary N) is 1. The first-order valence-electron chi connectivity index (χ1n) is 5.92. The van der Waals surface area contributed by atoms with E-state index in [0.717, 1.165) is 21.8 Å². The molecule has 0 spiro atoms. The van der Waals surface area contributed by atoms with Crippen molar-refractivity contribution in [1.29, 1.82) is 0 Å². The summed E-state index contributed by atoms with van der Waals surface area (Å²) < 4.78 is 14.1. The zero-order valence-electron chi connectivity index (χ0n) is 10.3. The molecule has 2 aromatic rings. The SMILES string of the molecule is CCC(Nc1nc2cc(F)ccc2s1)C(C)C. The zero-order valence-corrected chi connectivity index (χ0v) is 11.1. The highest BCUT2D eigenvalue weighted by atomic mass is 32.1. The molecule has 0 saturated carbocycles. The van der Waals surface area contributed by atoms with E-state index in [0.29, 0.717) is 12.0 Å². The summed E-state index contributed by atoms with van der Waals surface area (Å²) in [6.45, 7) is 6.53. The van der Waals surface area contributed by atoms with Crippen LogP contribution in [0.15, 0.2) is 18.2 Å². The highest BCUT2D eigenvalue weighted by Gasteiger charge is 2.13. The van der Waals surface area contributed by atoms with Crippen LogP contribution in [0.4, 0.5) is 9.52 Å². The van der Waals surface area contributed by atoms with E-state index >= 15 is 0 Å². The molecule has 0 fully saturated rings. The van der Waals surface area contributed by atoms with Crippen LogP contribution in [0.1, 0.15) is 27.2 Å². The third-order valence-electron chi connectivity index (χ3n) is 2.90. The second-order valence-corrected chi connectivity index (χ2v) is 5.56. The van der Waals surface area contributed by atoms with E-state index in [2.05, 4.69) is 31.1 Å². The third kappa shape index (κ3) is 2.75. The van der Waals surface area contributed by atoms with Crippen LogP contribution in [0.3, 0.4) is 0 Å². The Bertz CT molecular complexity index is 507. The Morgan fingerprint density at radius 3 is 2.82 bits per heavy atom. The smallest absolute Gasteiger partial charge is 0.184 e. The molecule has 4 heteroatoms. The minimum absolute atomic E-state index is 0.231. The Kier molecular flexibility index (Phi) is 3.62. The number of fused-ring (bicyclic) bond motifs is 1. The van der Waals surface area contributed by atoms with Gasteiger partial charge in [-0.3, -0.25) is 0 Å². The number of hydrogen-bond acceptors (Lipinski definition) is 3. The monoisotopic (exact) mass is 252 g/mol. The number of hydrogen-bond donors (Lipinski definition) is 1. The molecule has 92 valence electrons. The number of rotatable bonds is 4. The van der Waals surface area contributed by atoms with Gasteiger partial charge in [0.2, 0.25) is 0 Å². The molecule has 1 aromatic heterocycles. The first kappa shape index (κ1) is 12.3. The van der Waals surface area contributed by atoms with Crippen molar-refractivity contribution >= 4 is 26.7 Å². The van der Waals surface area contributed by atoms with E-state index in [1.54, 1.807) is 17.4 Å². The van der Waals surface area contributed by atoms with E-state index in [1.165, 1.54) is 12.1 Å². The van der Waals surface area contributed by atoms with Crippen molar-refractivity contribution in [3.8, 4) is 0 Å². The lowest BCUT2D eigenvalue weighted by molar-refractivity contribution is 0.511. The van der Waals surface area contributed by atoms with Gasteiger partial charge >= 0.3 is 0 Å². The van der Waals surface area contributed by atoms with Gasteiger partial charge in [-0.15, -0.1) is 0 Å². The van der Waals surface area contributed by atoms with Crippen LogP contribution in [-0.2, 0) is 0 Å². The molecule has 0 aliphatic carbocycles. The van der Waals surface area contributed by atoms with E-state index < -0.39 is 0 Å². The van der Waals surface area contributed by atoms with Crippen molar-refractivity contribution < 1.29 is 4.39 Å². The van der Waals surface area contributed by atoms with Crippen LogP contribution in [0.25, 0.3) is 10.2 Å². The first-order valence-corrected chi connectivity index (χ1v) is 6.74. The number of aromatic nitrogens is 1. The molecule has 1 N–H and O–H groups in total. The van der Waals surface area contributed by atoms with Gasteiger partial charge in [0, 0.05) is 12.1 Å². The summed E-state index contributed by atoms with van der Waals surface area (Å²) in [6.07, 6.45) is 1.06. The standard InChI is InChI=1S/C13H17FN2S/c1-4-10(8(2)3)15-13-16-11-7-9(14)5-6-12(11)17-13/h5-8,10H,4H2,1-3H3,(H,15,16). The van der Waals surface area contributed by atoms with E-state index in [4.69, 9.17) is 0 Å². The number of anilines is 1. The van der Waals surface area contributed by atoms with Crippen molar-refractivity contribution in [3.63, 3.8) is 0 Å². The average molecular weight is 252 g/mol. The highest BCUT2D eigenvalue weighted by Crippen LogP contribution is 2.27. The highest BCUT2D eigenvalue weighted by molar-refractivity contribution is 7.22. The Labute approximate surface area is 105 Å². The minimum atomic E-state index is -0.231. The summed E-state index contributed by atoms with van der Waals surface area (Å²) in [5, 5.41) is 4.30. The van der Waals surface area contributed by atoms with Gasteiger partial charge in [0.1, 0.15) is 5.82 Å². The molecular weight excluding hydrogens is 235 g/mol. The summed E-state index contributed by atoms with van der Waals surface area (Å²) in [4.78, 5) is 4.41. The fourth-order valence-electron chi connectivity index (χ4n) is 1.86. The summed E-state index contributed by atoms with van der Waals surface area (Å²) in [7, 11) is 0. The predicted molar refractivity (Wildman–Crippen MR) is 72.1 cm³/mol. The Morgan fingerprint density at radius 2 is 2.18 bits per heavy atom. The average Bonchev–Trinajstić information content (AvgIpc) is 2.66. The molecule has 1 heterocycles. The molecule has 0 aliphatic heterocycles. The fraction of sp³-hybridized carbons (Fsp3) is 0.462. The molecule has 17 heavy (non-hydrogen) atoms. The molecule has 1 aromatic carbocycles. The molecule has 1 unspecified atom stereocenters. The van der Waals surface area contributed by atoms with Gasteiger partial charge in [-0.05, 0) is 24.5 Å². The lowest BCUT2D eigenvalue weighted by atomic mass is 10.0. The zero-order chi connectivity index (χ0) is 12.4. The molecule has 1 atom stereocenters. The van der Waals surface area contributed by atoms with Crippen LogP contribution in [0, 0.1) is 11.7 Å². The molecule has 2 rings (SSSR count). The normalized spacial score (nSPS) is 13.2. The lowest BCUT2D eigenvalue weighted by Gasteiger charge is -2.19. The molecule has 0 saturated heterocycles. The third-order valence-corrected chi connectivity index (χ3v) is 3.87. The van der Waals surface area contributed by atoms with Gasteiger partial charge in [-0.2, -0.15) is 0 Å². The molecule has 0 radical (unpaired) electrons. The maximum atomic E-state index is 13.0. The fourth-order valence-corrected chi connectivity index (χ4v) is 2.77. The van der Waals surface area contributed by atoms with Gasteiger partial charge in [0.15, 0.2) is 5.13 Å². The van der Waals surface area contributed by atoms with Gasteiger partial charge in [-0.25, -0.2) is 9.37 Å². The number of nitrogens with zero attached hydrogens (tertiary/aromatic N) is 1. The van der Waals surface area contributed by atoms with Crippen LogP contribution in [-0.4, -0.2) is 11.0 Å². The largest absolute Gasteiger partial charge is 0.359 e. The maximum absolute atomic E-state index is 13.0. The van der Waals surface area contributed by atoms with Crippen molar-refractivity contribution in [2.24, 2.45) is 5.92 Å². The number of thiazole rings is 1. The van der Waals surface area contributed by atoms with Crippen molar-refractivity contribution in [2.75, 3.05) is 5.32 Å². The summed E-state index contributed by atoms with van der Waals surface area (Å²) >= 11 is 1.58. The first-order chi connectivity index (χ1) is 8.10. The molecule has 0 bridgehead atoms. The van der Waals surface area contributed by atoms with Crippen LogP contribution < -0.4 is 5.32 Å². The molecule has 0 amide bonds. The van der Waals surface area contributed by atoms with Gasteiger partial charge < -0.3 is 5.32 Å². The summed E-state index contributed by atoms with van der Waals surface area (Å²) in [5.74, 6) is 0.328. The molecular formula is C13H17FN2S. The van der Waals surface area contributed by atoms with Gasteiger partial charge in [0.05, 0.1) is 10.2 Å². The maximum Gasteiger partial charge on any atom is 0.184 e. The second kappa shape index (κ2) is 5.00. The van der Waals surface area contributed by atoms with Crippen LogP contribution in [0.5, 0.6) is 0 Å². The lowest BCUT2D eigenvalue weighted by Crippen LogP contribution is -2.24. The summed E-state index contributed by atoms with van der Waals surface area (Å²) in [6, 6.07) is 5.15. The Balaban J connectivity index is 2.24. The minimum Gasteiger partial charge on any atom is -0.359 e. The number of halogens is 1. The van der Waals surface area contributed by atoms with Crippen molar-refractivity contribution in [3.05, 3.63) is 24.0 Å². The quantitative estimate of drug-likeness (QED) is 0.878. The van der Waals surface area contributed by atoms with E-state index in [1.807, 2.05) is 0 Å². The van der Waals surface area contributed by atoms with Crippen molar-refractivity contribution in [1.82, 2.24) is 4.98 Å². The molecule has 2 nitrogen and oxygen atoms in total.